The third-order valence-electron chi connectivity index (χ3n) is 2.59. The van der Waals surface area contributed by atoms with Crippen LogP contribution in [0.1, 0.15) is 11.1 Å². The Balaban J connectivity index is 2.12. The van der Waals surface area contributed by atoms with Crippen LogP contribution in [-0.2, 0) is 12.8 Å². The summed E-state index contributed by atoms with van der Waals surface area (Å²) >= 11 is 1.44. The number of imidazole rings is 1. The predicted molar refractivity (Wildman–Crippen MR) is 71.7 cm³/mol. The van der Waals surface area contributed by atoms with E-state index in [0.29, 0.717) is 16.9 Å². The zero-order valence-electron chi connectivity index (χ0n) is 10.2. The highest BCUT2D eigenvalue weighted by Crippen LogP contribution is 2.22. The maximum absolute atomic E-state index is 13.8. The van der Waals surface area contributed by atoms with Gasteiger partial charge in [0.05, 0.1) is 0 Å². The van der Waals surface area contributed by atoms with Gasteiger partial charge in [-0.15, -0.1) is 0 Å². The zero-order valence-corrected chi connectivity index (χ0v) is 11.1. The minimum Gasteiger partial charge on any atom is -0.409 e. The van der Waals surface area contributed by atoms with Crippen molar-refractivity contribution in [3.05, 3.63) is 47.5 Å². The van der Waals surface area contributed by atoms with Crippen molar-refractivity contribution in [3.63, 3.8) is 0 Å². The molecular weight excluding hydrogens is 267 g/mol. The fraction of sp³-hybridized carbons (Fsp3) is 0.167. The first-order valence-electron chi connectivity index (χ1n) is 5.48. The van der Waals surface area contributed by atoms with Crippen LogP contribution < -0.4 is 5.73 Å². The Hall–Kier alpha value is -2.02. The maximum atomic E-state index is 13.8. The number of benzene rings is 1. The minimum atomic E-state index is -0.384. The number of nitrogens with zero attached hydrogens (tertiary/aromatic N) is 3. The van der Waals surface area contributed by atoms with Gasteiger partial charge < -0.3 is 15.5 Å². The molecule has 19 heavy (non-hydrogen) atoms. The summed E-state index contributed by atoms with van der Waals surface area (Å²) < 4.78 is 15.7. The molecule has 100 valence electrons. The number of nitrogens with two attached hydrogens (primary N) is 1. The van der Waals surface area contributed by atoms with Crippen molar-refractivity contribution in [1.29, 1.82) is 0 Å². The Kier molecular flexibility index (Phi) is 4.06. The van der Waals surface area contributed by atoms with E-state index in [4.69, 9.17) is 10.9 Å². The van der Waals surface area contributed by atoms with Crippen LogP contribution in [0.4, 0.5) is 4.39 Å². The summed E-state index contributed by atoms with van der Waals surface area (Å²) in [6.45, 7) is 0. The molecule has 3 N–H and O–H groups in total. The van der Waals surface area contributed by atoms with Crippen molar-refractivity contribution in [2.75, 3.05) is 0 Å². The molecule has 1 heterocycles. The van der Waals surface area contributed by atoms with Crippen LogP contribution in [0.5, 0.6) is 0 Å². The molecule has 2 rings (SSSR count). The molecule has 0 amide bonds. The third kappa shape index (κ3) is 3.05. The molecule has 1 aromatic carbocycles. The highest BCUT2D eigenvalue weighted by molar-refractivity contribution is 7.98. The van der Waals surface area contributed by atoms with Crippen LogP contribution in [0.3, 0.4) is 0 Å². The molecule has 0 atom stereocenters. The molecule has 0 radical (unpaired) electrons. The Morgan fingerprint density at radius 1 is 1.58 bits per heavy atom. The first-order chi connectivity index (χ1) is 9.11. The van der Waals surface area contributed by atoms with Crippen LogP contribution in [0.15, 0.2) is 40.9 Å². The second-order valence-corrected chi connectivity index (χ2v) is 4.84. The molecule has 5 nitrogen and oxygen atoms in total. The summed E-state index contributed by atoms with van der Waals surface area (Å²) in [5.74, 6) is -0.0272. The van der Waals surface area contributed by atoms with Gasteiger partial charge in [0.15, 0.2) is 11.0 Å². The summed E-state index contributed by atoms with van der Waals surface area (Å²) in [6.07, 6.45) is 3.53. The van der Waals surface area contributed by atoms with Gasteiger partial charge in [0.25, 0.3) is 0 Å². The van der Waals surface area contributed by atoms with E-state index < -0.39 is 0 Å². The number of rotatable bonds is 4. The van der Waals surface area contributed by atoms with Crippen LogP contribution >= 0.6 is 11.8 Å². The van der Waals surface area contributed by atoms with Gasteiger partial charge in [-0.3, -0.25) is 0 Å². The monoisotopic (exact) mass is 280 g/mol. The molecule has 0 spiro atoms. The molecule has 0 saturated carbocycles. The maximum Gasteiger partial charge on any atom is 0.170 e. The lowest BCUT2D eigenvalue weighted by Crippen LogP contribution is -2.13. The van der Waals surface area contributed by atoms with Gasteiger partial charge in [0.1, 0.15) is 5.82 Å². The molecule has 7 heteroatoms. The number of oxime groups is 1. The van der Waals surface area contributed by atoms with Gasteiger partial charge in [-0.2, -0.15) is 0 Å². The molecule has 0 aliphatic carbocycles. The topological polar surface area (TPSA) is 76.4 Å². The number of aromatic nitrogens is 2. The molecule has 0 fully saturated rings. The predicted octanol–water partition coefficient (Wildman–Crippen LogP) is 1.95. The molecule has 0 unspecified atom stereocenters. The van der Waals surface area contributed by atoms with Crippen molar-refractivity contribution in [2.24, 2.45) is 17.9 Å². The quantitative estimate of drug-likeness (QED) is 0.295. The number of halogens is 1. The molecule has 2 aromatic rings. The van der Waals surface area contributed by atoms with Crippen LogP contribution in [0.25, 0.3) is 0 Å². The first kappa shape index (κ1) is 13.4. The van der Waals surface area contributed by atoms with E-state index >= 15 is 0 Å². The average Bonchev–Trinajstić information content (AvgIpc) is 2.82. The number of aryl methyl sites for hydroxylation is 1. The highest BCUT2D eigenvalue weighted by atomic mass is 32.2. The van der Waals surface area contributed by atoms with E-state index in [-0.39, 0.29) is 11.7 Å². The zero-order chi connectivity index (χ0) is 13.8. The van der Waals surface area contributed by atoms with E-state index in [1.807, 2.05) is 17.8 Å². The summed E-state index contributed by atoms with van der Waals surface area (Å²) in [5.41, 5.74) is 6.30. The van der Waals surface area contributed by atoms with E-state index in [1.54, 1.807) is 18.3 Å². The van der Waals surface area contributed by atoms with Gasteiger partial charge in [-0.25, -0.2) is 9.37 Å². The van der Waals surface area contributed by atoms with Crippen molar-refractivity contribution in [3.8, 4) is 0 Å². The molecule has 0 aliphatic rings. The second kappa shape index (κ2) is 5.75. The van der Waals surface area contributed by atoms with Crippen molar-refractivity contribution in [1.82, 2.24) is 9.55 Å². The van der Waals surface area contributed by atoms with Crippen molar-refractivity contribution >= 4 is 17.6 Å². The fourth-order valence-electron chi connectivity index (χ4n) is 1.51. The highest BCUT2D eigenvalue weighted by Gasteiger charge is 2.08. The Labute approximate surface area is 113 Å². The van der Waals surface area contributed by atoms with E-state index in [9.17, 15) is 4.39 Å². The lowest BCUT2D eigenvalue weighted by molar-refractivity contribution is 0.318. The Morgan fingerprint density at radius 2 is 2.37 bits per heavy atom. The molecular formula is C12H13FN4OS. The third-order valence-corrected chi connectivity index (χ3v) is 3.70. The summed E-state index contributed by atoms with van der Waals surface area (Å²) in [4.78, 5) is 4.15. The van der Waals surface area contributed by atoms with Crippen LogP contribution in [0.2, 0.25) is 0 Å². The lowest BCUT2D eigenvalue weighted by Gasteiger charge is -2.05. The minimum absolute atomic E-state index is 0.109. The number of hydrogen-bond acceptors (Lipinski definition) is 4. The van der Waals surface area contributed by atoms with Gasteiger partial charge in [0.2, 0.25) is 0 Å². The summed E-state index contributed by atoms with van der Waals surface area (Å²) in [5, 5.41) is 12.2. The van der Waals surface area contributed by atoms with Crippen molar-refractivity contribution < 1.29 is 9.60 Å². The van der Waals surface area contributed by atoms with E-state index in [2.05, 4.69) is 10.1 Å². The number of hydrogen-bond donors (Lipinski definition) is 2. The van der Waals surface area contributed by atoms with Gasteiger partial charge in [0, 0.05) is 30.8 Å². The molecule has 1 aromatic heterocycles. The first-order valence-corrected chi connectivity index (χ1v) is 6.47. The fourth-order valence-corrected chi connectivity index (χ4v) is 2.43. The van der Waals surface area contributed by atoms with Gasteiger partial charge in [-0.05, 0) is 11.6 Å². The Morgan fingerprint density at radius 3 is 2.95 bits per heavy atom. The van der Waals surface area contributed by atoms with E-state index in [0.717, 1.165) is 5.16 Å². The molecule has 0 saturated heterocycles. The SMILES string of the molecule is Cn1ccnc1SCc1ccc(/C(N)=N/O)cc1F. The normalized spacial score (nSPS) is 11.8. The smallest absolute Gasteiger partial charge is 0.170 e. The largest absolute Gasteiger partial charge is 0.409 e. The summed E-state index contributed by atoms with van der Waals surface area (Å²) in [6, 6.07) is 4.49. The molecule has 0 aliphatic heterocycles. The molecule has 0 bridgehead atoms. The lowest BCUT2D eigenvalue weighted by atomic mass is 10.1. The standard InChI is InChI=1S/C12H13FN4OS/c1-17-5-4-15-12(17)19-7-9-3-2-8(6-10(9)13)11(14)16-18/h2-6,18H,7H2,1H3,(H2,14,16). The summed E-state index contributed by atoms with van der Waals surface area (Å²) in [7, 11) is 1.88. The average molecular weight is 280 g/mol. The van der Waals surface area contributed by atoms with Crippen LogP contribution in [0, 0.1) is 5.82 Å². The van der Waals surface area contributed by atoms with E-state index in [1.165, 1.54) is 17.8 Å². The number of thioether (sulfide) groups is 1. The number of amidine groups is 1. The Bertz CT molecular complexity index is 612. The van der Waals surface area contributed by atoms with Crippen LogP contribution in [-0.4, -0.2) is 20.6 Å². The van der Waals surface area contributed by atoms with Gasteiger partial charge >= 0.3 is 0 Å². The van der Waals surface area contributed by atoms with Gasteiger partial charge in [-0.1, -0.05) is 29.1 Å². The van der Waals surface area contributed by atoms with Crippen molar-refractivity contribution in [2.45, 2.75) is 10.9 Å². The second-order valence-electron chi connectivity index (χ2n) is 3.90.